The number of likely N-dealkylation sites (N-methyl/N-ethyl adjacent to an activating group) is 1. The van der Waals surface area contributed by atoms with Crippen LogP contribution in [0.25, 0.3) is 0 Å². The lowest BCUT2D eigenvalue weighted by atomic mass is 10.2. The number of nitrogens with zero attached hydrogens (tertiary/aromatic N) is 3. The van der Waals surface area contributed by atoms with E-state index < -0.39 is 12.0 Å². The van der Waals surface area contributed by atoms with E-state index in [0.717, 1.165) is 5.56 Å². The Hall–Kier alpha value is -1.40. The zero-order valence-electron chi connectivity index (χ0n) is 10.2. The molecular formula is C11H19N3O3. The summed E-state index contributed by atoms with van der Waals surface area (Å²) in [5.74, 6) is -0.808. The van der Waals surface area contributed by atoms with Crippen LogP contribution in [0.4, 0.5) is 0 Å². The first-order valence-electron chi connectivity index (χ1n) is 5.63. The summed E-state index contributed by atoms with van der Waals surface area (Å²) < 4.78 is 1.64. The molecule has 6 nitrogen and oxygen atoms in total. The van der Waals surface area contributed by atoms with E-state index in [9.17, 15) is 4.79 Å². The summed E-state index contributed by atoms with van der Waals surface area (Å²) in [6, 6.07) is -0.476. The maximum Gasteiger partial charge on any atom is 0.320 e. The molecule has 1 rings (SSSR count). The van der Waals surface area contributed by atoms with Gasteiger partial charge in [-0.25, -0.2) is 0 Å². The summed E-state index contributed by atoms with van der Waals surface area (Å²) >= 11 is 0. The average molecular weight is 241 g/mol. The molecule has 2 N–H and O–H groups in total. The van der Waals surface area contributed by atoms with Crippen LogP contribution in [0.5, 0.6) is 0 Å². The topological polar surface area (TPSA) is 78.6 Å². The van der Waals surface area contributed by atoms with Crippen LogP contribution in [0, 0.1) is 0 Å². The highest BCUT2D eigenvalue weighted by molar-refractivity contribution is 5.73. The Morgan fingerprint density at radius 1 is 1.65 bits per heavy atom. The normalized spacial score (nSPS) is 12.9. The third-order valence-corrected chi connectivity index (χ3v) is 2.65. The van der Waals surface area contributed by atoms with Crippen molar-refractivity contribution < 1.29 is 15.0 Å². The van der Waals surface area contributed by atoms with Gasteiger partial charge in [0, 0.05) is 18.3 Å². The Bertz CT molecular complexity index is 365. The summed E-state index contributed by atoms with van der Waals surface area (Å²) in [6.45, 7) is 2.89. The van der Waals surface area contributed by atoms with Crippen molar-refractivity contribution in [3.63, 3.8) is 0 Å². The Kier molecular flexibility index (Phi) is 5.11. The monoisotopic (exact) mass is 241 g/mol. The molecule has 0 aliphatic carbocycles. The first-order chi connectivity index (χ1) is 8.08. The van der Waals surface area contributed by atoms with Gasteiger partial charge in [0.1, 0.15) is 6.04 Å². The molecule has 0 saturated heterocycles. The molecule has 0 radical (unpaired) electrons. The third kappa shape index (κ3) is 3.83. The number of aliphatic hydroxyl groups is 1. The van der Waals surface area contributed by atoms with Crippen molar-refractivity contribution in [1.29, 1.82) is 0 Å². The SMILES string of the molecule is CCC(C(=O)O)N(C)Cc1cnn(CCO)c1. The van der Waals surface area contributed by atoms with Gasteiger partial charge in [-0.05, 0) is 13.5 Å². The predicted octanol–water partition coefficient (Wildman–Crippen LogP) is 0.170. The van der Waals surface area contributed by atoms with Gasteiger partial charge in [-0.3, -0.25) is 14.4 Å². The summed E-state index contributed by atoms with van der Waals surface area (Å²) in [7, 11) is 1.78. The molecule has 1 aromatic heterocycles. The van der Waals surface area contributed by atoms with E-state index in [-0.39, 0.29) is 6.61 Å². The fourth-order valence-electron chi connectivity index (χ4n) is 1.79. The molecule has 1 heterocycles. The minimum absolute atomic E-state index is 0.0453. The molecule has 1 aromatic rings. The lowest BCUT2D eigenvalue weighted by Crippen LogP contribution is -2.37. The van der Waals surface area contributed by atoms with Crippen LogP contribution in [0.2, 0.25) is 0 Å². The summed E-state index contributed by atoms with van der Waals surface area (Å²) in [6.07, 6.45) is 4.08. The van der Waals surface area contributed by atoms with Crippen molar-refractivity contribution in [3.8, 4) is 0 Å². The first kappa shape index (κ1) is 13.7. The van der Waals surface area contributed by atoms with Crippen LogP contribution in [0.15, 0.2) is 12.4 Å². The van der Waals surface area contributed by atoms with Gasteiger partial charge in [0.2, 0.25) is 0 Å². The molecule has 0 bridgehead atoms. The predicted molar refractivity (Wildman–Crippen MR) is 62.5 cm³/mol. The van der Waals surface area contributed by atoms with Crippen molar-refractivity contribution in [1.82, 2.24) is 14.7 Å². The van der Waals surface area contributed by atoms with Crippen LogP contribution in [-0.4, -0.2) is 50.6 Å². The molecule has 0 amide bonds. The van der Waals surface area contributed by atoms with Crippen LogP contribution < -0.4 is 0 Å². The summed E-state index contributed by atoms with van der Waals surface area (Å²) in [5.41, 5.74) is 0.945. The minimum atomic E-state index is -0.808. The van der Waals surface area contributed by atoms with Gasteiger partial charge >= 0.3 is 5.97 Å². The number of aliphatic carboxylic acids is 1. The standard InChI is InChI=1S/C11H19N3O3/c1-3-10(11(16)17)13(2)7-9-6-12-14(8-9)4-5-15/h6,8,10,15H,3-5,7H2,1-2H3,(H,16,17). The van der Waals surface area contributed by atoms with Crippen molar-refractivity contribution in [2.24, 2.45) is 0 Å². The number of carboxylic acid groups (broad SMARTS) is 1. The molecule has 0 fully saturated rings. The molecule has 6 heteroatoms. The minimum Gasteiger partial charge on any atom is -0.480 e. The lowest BCUT2D eigenvalue weighted by molar-refractivity contribution is -0.143. The molecule has 0 saturated carbocycles. The molecule has 0 aromatic carbocycles. The molecule has 17 heavy (non-hydrogen) atoms. The highest BCUT2D eigenvalue weighted by Crippen LogP contribution is 2.08. The smallest absolute Gasteiger partial charge is 0.320 e. The third-order valence-electron chi connectivity index (χ3n) is 2.65. The summed E-state index contributed by atoms with van der Waals surface area (Å²) in [4.78, 5) is 12.8. The largest absolute Gasteiger partial charge is 0.480 e. The van der Waals surface area contributed by atoms with Gasteiger partial charge in [0.25, 0.3) is 0 Å². The fraction of sp³-hybridized carbons (Fsp3) is 0.636. The van der Waals surface area contributed by atoms with Crippen LogP contribution >= 0.6 is 0 Å². The van der Waals surface area contributed by atoms with E-state index in [4.69, 9.17) is 10.2 Å². The highest BCUT2D eigenvalue weighted by atomic mass is 16.4. The Morgan fingerprint density at radius 2 is 2.35 bits per heavy atom. The second-order valence-corrected chi connectivity index (χ2v) is 4.01. The Morgan fingerprint density at radius 3 is 2.88 bits per heavy atom. The van der Waals surface area contributed by atoms with Gasteiger partial charge in [0.15, 0.2) is 0 Å². The molecule has 96 valence electrons. The van der Waals surface area contributed by atoms with Gasteiger partial charge in [-0.2, -0.15) is 5.10 Å². The number of hydrogen-bond donors (Lipinski definition) is 2. The number of aromatic nitrogens is 2. The maximum absolute atomic E-state index is 11.0. The number of hydrogen-bond acceptors (Lipinski definition) is 4. The van der Waals surface area contributed by atoms with E-state index in [2.05, 4.69) is 5.10 Å². The van der Waals surface area contributed by atoms with Crippen LogP contribution in [-0.2, 0) is 17.9 Å². The Labute approximate surface area is 100 Å². The fourth-order valence-corrected chi connectivity index (χ4v) is 1.79. The maximum atomic E-state index is 11.0. The first-order valence-corrected chi connectivity index (χ1v) is 5.63. The van der Waals surface area contributed by atoms with Crippen LogP contribution in [0.1, 0.15) is 18.9 Å². The highest BCUT2D eigenvalue weighted by Gasteiger charge is 2.20. The second-order valence-electron chi connectivity index (χ2n) is 4.01. The summed E-state index contributed by atoms with van der Waals surface area (Å²) in [5, 5.41) is 21.8. The van der Waals surface area contributed by atoms with E-state index in [1.807, 2.05) is 13.1 Å². The van der Waals surface area contributed by atoms with Crippen molar-refractivity contribution in [3.05, 3.63) is 18.0 Å². The molecule has 0 spiro atoms. The van der Waals surface area contributed by atoms with Gasteiger partial charge in [-0.1, -0.05) is 6.92 Å². The van der Waals surface area contributed by atoms with Gasteiger partial charge in [0.05, 0.1) is 19.3 Å². The van der Waals surface area contributed by atoms with Gasteiger partial charge < -0.3 is 10.2 Å². The van der Waals surface area contributed by atoms with E-state index >= 15 is 0 Å². The zero-order chi connectivity index (χ0) is 12.8. The van der Waals surface area contributed by atoms with Crippen molar-refractivity contribution >= 4 is 5.97 Å². The van der Waals surface area contributed by atoms with Crippen molar-refractivity contribution in [2.75, 3.05) is 13.7 Å². The molecule has 1 atom stereocenters. The number of aliphatic hydroxyl groups excluding tert-OH is 1. The van der Waals surface area contributed by atoms with Crippen LogP contribution in [0.3, 0.4) is 0 Å². The van der Waals surface area contributed by atoms with Gasteiger partial charge in [-0.15, -0.1) is 0 Å². The Balaban J connectivity index is 2.59. The number of carbonyl (C=O) groups is 1. The number of rotatable bonds is 7. The molecular weight excluding hydrogens is 222 g/mol. The molecule has 0 aliphatic rings. The average Bonchev–Trinajstić information content (AvgIpc) is 2.66. The van der Waals surface area contributed by atoms with Crippen molar-refractivity contribution in [2.45, 2.75) is 32.5 Å². The van der Waals surface area contributed by atoms with E-state index in [0.29, 0.717) is 19.5 Å². The second kappa shape index (κ2) is 6.36. The van der Waals surface area contributed by atoms with E-state index in [1.54, 1.807) is 22.8 Å². The number of carboxylic acids is 1. The molecule has 1 unspecified atom stereocenters. The zero-order valence-corrected chi connectivity index (χ0v) is 10.2. The lowest BCUT2D eigenvalue weighted by Gasteiger charge is -2.22. The van der Waals surface area contributed by atoms with E-state index in [1.165, 1.54) is 0 Å². The quantitative estimate of drug-likeness (QED) is 0.711. The molecule has 0 aliphatic heterocycles.